The number of hydrogen-bond donors (Lipinski definition) is 0. The third-order valence-corrected chi connectivity index (χ3v) is 4.50. The number of hydrogen-bond acceptors (Lipinski definition) is 4. The van der Waals surface area contributed by atoms with Crippen molar-refractivity contribution in [2.75, 3.05) is 12.0 Å². The van der Waals surface area contributed by atoms with Gasteiger partial charge in [-0.1, -0.05) is 18.2 Å². The number of para-hydroxylation sites is 1. The third kappa shape index (κ3) is 3.33. The minimum atomic E-state index is -0.544. The Hall–Kier alpha value is -2.89. The molecule has 0 fully saturated rings. The number of aromatic nitrogens is 1. The average Bonchev–Trinajstić information content (AvgIpc) is 2.62. The Kier molecular flexibility index (Phi) is 4.70. The van der Waals surface area contributed by atoms with Crippen LogP contribution in [0.3, 0.4) is 0 Å². The quantitative estimate of drug-likeness (QED) is 0.802. The number of anilines is 1. The van der Waals surface area contributed by atoms with Crippen LogP contribution in [-0.4, -0.2) is 29.6 Å². The molecule has 1 aliphatic heterocycles. The van der Waals surface area contributed by atoms with E-state index in [2.05, 4.69) is 4.74 Å². The Bertz CT molecular complexity index is 872. The summed E-state index contributed by atoms with van der Waals surface area (Å²) in [6.45, 7) is 1.88. The second kappa shape index (κ2) is 6.93. The smallest absolute Gasteiger partial charge is 0.339 e. The number of fused-ring (bicyclic) bond motifs is 1. The van der Waals surface area contributed by atoms with Gasteiger partial charge in [-0.15, -0.1) is 0 Å². The van der Waals surface area contributed by atoms with E-state index in [0.717, 1.165) is 24.1 Å². The zero-order valence-electron chi connectivity index (χ0n) is 14.3. The van der Waals surface area contributed by atoms with E-state index in [-0.39, 0.29) is 29.6 Å². The molecule has 1 atom stereocenters. The van der Waals surface area contributed by atoms with E-state index in [1.807, 2.05) is 31.2 Å². The highest BCUT2D eigenvalue weighted by Crippen LogP contribution is 2.30. The number of carbonyl (C=O) groups is 2. The summed E-state index contributed by atoms with van der Waals surface area (Å²) in [6, 6.07) is 10.5. The minimum absolute atomic E-state index is 0.0573. The van der Waals surface area contributed by atoms with Gasteiger partial charge in [0.25, 0.3) is 5.56 Å². The van der Waals surface area contributed by atoms with E-state index in [9.17, 15) is 14.4 Å². The molecule has 0 spiro atoms. The van der Waals surface area contributed by atoms with E-state index >= 15 is 0 Å². The summed E-state index contributed by atoms with van der Waals surface area (Å²) in [6.07, 6.45) is 3.17. The van der Waals surface area contributed by atoms with Crippen molar-refractivity contribution in [2.45, 2.75) is 32.4 Å². The molecule has 0 radical (unpaired) electrons. The topological polar surface area (TPSA) is 68.6 Å². The van der Waals surface area contributed by atoms with Crippen LogP contribution in [-0.2, 0) is 22.5 Å². The number of amides is 1. The Morgan fingerprint density at radius 3 is 2.72 bits per heavy atom. The Labute approximate surface area is 145 Å². The van der Waals surface area contributed by atoms with Gasteiger partial charge in [0.15, 0.2) is 0 Å². The van der Waals surface area contributed by atoms with E-state index in [0.29, 0.717) is 0 Å². The summed E-state index contributed by atoms with van der Waals surface area (Å²) in [5.41, 5.74) is 1.92. The zero-order chi connectivity index (χ0) is 18.0. The van der Waals surface area contributed by atoms with Gasteiger partial charge in [0.05, 0.1) is 12.7 Å². The van der Waals surface area contributed by atoms with Crippen molar-refractivity contribution in [1.29, 1.82) is 0 Å². The molecule has 0 aliphatic carbocycles. The van der Waals surface area contributed by atoms with E-state index < -0.39 is 5.97 Å². The molecule has 3 rings (SSSR count). The van der Waals surface area contributed by atoms with Gasteiger partial charge in [0, 0.05) is 24.0 Å². The van der Waals surface area contributed by atoms with Crippen LogP contribution in [0.1, 0.15) is 29.3 Å². The molecule has 2 heterocycles. The van der Waals surface area contributed by atoms with Crippen LogP contribution in [0.15, 0.2) is 47.4 Å². The van der Waals surface area contributed by atoms with Gasteiger partial charge >= 0.3 is 5.97 Å². The fourth-order valence-electron chi connectivity index (χ4n) is 3.18. The lowest BCUT2D eigenvalue weighted by Crippen LogP contribution is -2.44. The second-order valence-corrected chi connectivity index (χ2v) is 6.16. The number of pyridine rings is 1. The number of esters is 1. The van der Waals surface area contributed by atoms with Crippen molar-refractivity contribution in [3.63, 3.8) is 0 Å². The molecule has 1 amide bonds. The molecule has 0 saturated heterocycles. The largest absolute Gasteiger partial charge is 0.465 e. The number of rotatable bonds is 3. The number of aryl methyl sites for hydroxylation is 1. The lowest BCUT2D eigenvalue weighted by atomic mass is 9.96. The average molecular weight is 340 g/mol. The first-order chi connectivity index (χ1) is 12.0. The van der Waals surface area contributed by atoms with Crippen molar-refractivity contribution < 1.29 is 14.3 Å². The SMILES string of the molecule is COC(=O)c1ccc(=O)n(CC(=O)N2c3ccccc3CC[C@H]2C)c1. The lowest BCUT2D eigenvalue weighted by molar-refractivity contribution is -0.119. The van der Waals surface area contributed by atoms with Gasteiger partial charge in [-0.2, -0.15) is 0 Å². The minimum Gasteiger partial charge on any atom is -0.465 e. The Morgan fingerprint density at radius 1 is 1.20 bits per heavy atom. The summed E-state index contributed by atoms with van der Waals surface area (Å²) in [7, 11) is 1.27. The van der Waals surface area contributed by atoms with E-state index in [1.165, 1.54) is 30.0 Å². The number of nitrogens with zero attached hydrogens (tertiary/aromatic N) is 2. The van der Waals surface area contributed by atoms with Crippen LogP contribution in [0, 0.1) is 0 Å². The van der Waals surface area contributed by atoms with Crippen LogP contribution < -0.4 is 10.5 Å². The molecule has 6 nitrogen and oxygen atoms in total. The molecule has 0 saturated carbocycles. The van der Waals surface area contributed by atoms with Gasteiger partial charge in [0.1, 0.15) is 6.54 Å². The summed E-state index contributed by atoms with van der Waals surface area (Å²) < 4.78 is 5.91. The predicted octanol–water partition coefficient (Wildman–Crippen LogP) is 2.00. The zero-order valence-corrected chi connectivity index (χ0v) is 14.3. The standard InChI is InChI=1S/C19H20N2O4/c1-13-7-8-14-5-3-4-6-16(14)21(13)18(23)12-20-11-15(19(24)25-2)9-10-17(20)22/h3-6,9-11,13H,7-8,12H2,1-2H3/t13-/m1/s1. The predicted molar refractivity (Wildman–Crippen MR) is 93.8 cm³/mol. The van der Waals surface area contributed by atoms with Crippen LogP contribution >= 0.6 is 0 Å². The second-order valence-electron chi connectivity index (χ2n) is 6.16. The maximum absolute atomic E-state index is 12.9. The number of methoxy groups -OCH3 is 1. The fraction of sp³-hybridized carbons (Fsp3) is 0.316. The normalized spacial score (nSPS) is 16.2. The molecule has 6 heteroatoms. The molecule has 1 aliphatic rings. The first-order valence-corrected chi connectivity index (χ1v) is 8.20. The molecule has 130 valence electrons. The molecule has 0 N–H and O–H groups in total. The van der Waals surface area contributed by atoms with Crippen molar-refractivity contribution in [2.24, 2.45) is 0 Å². The number of ether oxygens (including phenoxy) is 1. The molecule has 1 aromatic heterocycles. The fourth-order valence-corrected chi connectivity index (χ4v) is 3.18. The molecule has 2 aromatic rings. The highest BCUT2D eigenvalue weighted by molar-refractivity contribution is 5.95. The van der Waals surface area contributed by atoms with Crippen LogP contribution in [0.5, 0.6) is 0 Å². The summed E-state index contributed by atoms with van der Waals surface area (Å²) in [5, 5.41) is 0. The molecular formula is C19H20N2O4. The molecule has 0 bridgehead atoms. The maximum Gasteiger partial charge on any atom is 0.339 e. The first kappa shape index (κ1) is 17.0. The van der Waals surface area contributed by atoms with Gasteiger partial charge in [-0.25, -0.2) is 4.79 Å². The van der Waals surface area contributed by atoms with Gasteiger partial charge in [-0.3, -0.25) is 9.59 Å². The Morgan fingerprint density at radius 2 is 1.96 bits per heavy atom. The van der Waals surface area contributed by atoms with Crippen LogP contribution in [0.25, 0.3) is 0 Å². The van der Waals surface area contributed by atoms with Crippen molar-refractivity contribution >= 4 is 17.6 Å². The molecular weight excluding hydrogens is 320 g/mol. The third-order valence-electron chi connectivity index (χ3n) is 4.50. The first-order valence-electron chi connectivity index (χ1n) is 8.20. The number of benzene rings is 1. The van der Waals surface area contributed by atoms with Crippen molar-refractivity contribution in [3.8, 4) is 0 Å². The van der Waals surface area contributed by atoms with E-state index in [1.54, 1.807) is 4.90 Å². The van der Waals surface area contributed by atoms with Gasteiger partial charge in [-0.05, 0) is 37.5 Å². The van der Waals surface area contributed by atoms with Crippen molar-refractivity contribution in [1.82, 2.24) is 4.57 Å². The molecule has 1 aromatic carbocycles. The van der Waals surface area contributed by atoms with Gasteiger partial charge < -0.3 is 14.2 Å². The molecule has 0 unspecified atom stereocenters. The lowest BCUT2D eigenvalue weighted by Gasteiger charge is -2.35. The Balaban J connectivity index is 1.90. The summed E-state index contributed by atoms with van der Waals surface area (Å²) >= 11 is 0. The van der Waals surface area contributed by atoms with Crippen LogP contribution in [0.2, 0.25) is 0 Å². The molecule has 25 heavy (non-hydrogen) atoms. The monoisotopic (exact) mass is 340 g/mol. The van der Waals surface area contributed by atoms with E-state index in [4.69, 9.17) is 0 Å². The van der Waals surface area contributed by atoms with Crippen molar-refractivity contribution in [3.05, 3.63) is 64.1 Å². The summed E-state index contributed by atoms with van der Waals surface area (Å²) in [5.74, 6) is -0.721. The van der Waals surface area contributed by atoms with Gasteiger partial charge in [0.2, 0.25) is 5.91 Å². The summed E-state index contributed by atoms with van der Waals surface area (Å²) in [4.78, 5) is 38.4. The van der Waals surface area contributed by atoms with Crippen LogP contribution in [0.4, 0.5) is 5.69 Å². The highest BCUT2D eigenvalue weighted by atomic mass is 16.5. The number of carbonyl (C=O) groups excluding carboxylic acids is 2. The highest BCUT2D eigenvalue weighted by Gasteiger charge is 2.28. The maximum atomic E-state index is 12.9.